The van der Waals surface area contributed by atoms with Crippen LogP contribution in [-0.4, -0.2) is 46.6 Å². The van der Waals surface area contributed by atoms with Crippen LogP contribution in [0.25, 0.3) is 0 Å². The molecule has 1 atom stereocenters. The number of hydrogen-bond acceptors (Lipinski definition) is 7. The normalized spacial score (nSPS) is 12.0. The Bertz CT molecular complexity index is 789. The number of rotatable bonds is 8. The summed E-state index contributed by atoms with van der Waals surface area (Å²) in [6, 6.07) is 9.66. The molecule has 9 nitrogen and oxygen atoms in total. The number of hydrogen-bond donors (Lipinski definition) is 1. The number of tetrazole rings is 1. The molecule has 0 bridgehead atoms. The van der Waals surface area contributed by atoms with Gasteiger partial charge in [-0.25, -0.2) is 9.67 Å². The first-order valence-corrected chi connectivity index (χ1v) is 8.73. The number of amides is 1. The third-order valence-electron chi connectivity index (χ3n) is 3.51. The maximum atomic E-state index is 12.3. The predicted molar refractivity (Wildman–Crippen MR) is 91.5 cm³/mol. The van der Waals surface area contributed by atoms with Crippen LogP contribution in [-0.2, 0) is 18.4 Å². The Morgan fingerprint density at radius 1 is 1.32 bits per heavy atom. The lowest BCUT2D eigenvalue weighted by Gasteiger charge is -2.19. The van der Waals surface area contributed by atoms with Gasteiger partial charge in [-0.05, 0) is 16.0 Å². The topological polar surface area (TPSA) is 103 Å². The van der Waals surface area contributed by atoms with Gasteiger partial charge in [0.2, 0.25) is 11.1 Å². The molecule has 3 rings (SSSR count). The van der Waals surface area contributed by atoms with Gasteiger partial charge in [0.25, 0.3) is 0 Å². The molecule has 3 aromatic rings. The van der Waals surface area contributed by atoms with Crippen molar-refractivity contribution < 1.29 is 4.79 Å². The molecule has 1 unspecified atom stereocenters. The maximum Gasteiger partial charge on any atom is 0.221 e. The summed E-state index contributed by atoms with van der Waals surface area (Å²) in [7, 11) is 1.77. The van der Waals surface area contributed by atoms with Crippen molar-refractivity contribution in [2.45, 2.75) is 24.2 Å². The van der Waals surface area contributed by atoms with E-state index >= 15 is 0 Å². The fourth-order valence-electron chi connectivity index (χ4n) is 2.28. The third kappa shape index (κ3) is 4.86. The second kappa shape index (κ2) is 8.38. The van der Waals surface area contributed by atoms with E-state index in [4.69, 9.17) is 0 Å². The molecule has 0 saturated carbocycles. The number of aromatic nitrogens is 7. The van der Waals surface area contributed by atoms with Crippen molar-refractivity contribution in [2.75, 3.05) is 5.75 Å². The molecule has 0 fully saturated rings. The van der Waals surface area contributed by atoms with E-state index in [1.54, 1.807) is 22.7 Å². The minimum absolute atomic E-state index is 0.0309. The fraction of sp³-hybridized carbons (Fsp3) is 0.333. The SMILES string of the molecule is Cn1nnnc1SCCC(=O)NC(Cn1cncn1)c1ccccc1. The Balaban J connectivity index is 1.57. The molecule has 0 aliphatic rings. The van der Waals surface area contributed by atoms with E-state index in [1.165, 1.54) is 18.1 Å². The summed E-state index contributed by atoms with van der Waals surface area (Å²) in [5, 5.41) is 19.1. The number of benzene rings is 1. The van der Waals surface area contributed by atoms with Crippen LogP contribution in [0.4, 0.5) is 0 Å². The van der Waals surface area contributed by atoms with Crippen molar-refractivity contribution >= 4 is 17.7 Å². The second-order valence-corrected chi connectivity index (χ2v) is 6.39. The van der Waals surface area contributed by atoms with Crippen molar-refractivity contribution in [3.05, 3.63) is 48.5 Å². The Hall–Kier alpha value is -2.75. The number of carbonyl (C=O) groups is 1. The predicted octanol–water partition coefficient (Wildman–Crippen LogP) is 0.841. The van der Waals surface area contributed by atoms with Gasteiger partial charge in [0.05, 0.1) is 12.6 Å². The molecule has 0 aliphatic carbocycles. The van der Waals surface area contributed by atoms with Crippen LogP contribution in [0.5, 0.6) is 0 Å². The zero-order chi connectivity index (χ0) is 17.5. The molecule has 1 aromatic carbocycles. The first kappa shape index (κ1) is 17.1. The van der Waals surface area contributed by atoms with Crippen LogP contribution in [0.15, 0.2) is 48.1 Å². The Labute approximate surface area is 148 Å². The van der Waals surface area contributed by atoms with E-state index in [0.29, 0.717) is 23.9 Å². The number of aryl methyl sites for hydroxylation is 1. The van der Waals surface area contributed by atoms with Crippen LogP contribution in [0.2, 0.25) is 0 Å². The van der Waals surface area contributed by atoms with E-state index in [-0.39, 0.29) is 11.9 Å². The summed E-state index contributed by atoms with van der Waals surface area (Å²) in [6.45, 7) is 0.524. The van der Waals surface area contributed by atoms with E-state index in [9.17, 15) is 4.79 Å². The number of thioether (sulfide) groups is 1. The fourth-order valence-corrected chi connectivity index (χ4v) is 3.07. The first-order chi connectivity index (χ1) is 12.2. The van der Waals surface area contributed by atoms with Crippen molar-refractivity contribution in [2.24, 2.45) is 7.05 Å². The van der Waals surface area contributed by atoms with Crippen LogP contribution < -0.4 is 5.32 Å². The summed E-state index contributed by atoms with van der Waals surface area (Å²) in [4.78, 5) is 16.3. The molecule has 10 heteroatoms. The maximum absolute atomic E-state index is 12.3. The van der Waals surface area contributed by atoms with E-state index in [1.807, 2.05) is 30.3 Å². The molecular formula is C15H18N8OS. The van der Waals surface area contributed by atoms with Gasteiger partial charge in [-0.15, -0.1) is 5.10 Å². The molecule has 0 aliphatic heterocycles. The van der Waals surface area contributed by atoms with Gasteiger partial charge in [-0.1, -0.05) is 42.1 Å². The Morgan fingerprint density at radius 3 is 2.84 bits per heavy atom. The van der Waals surface area contributed by atoms with Gasteiger partial charge >= 0.3 is 0 Å². The lowest BCUT2D eigenvalue weighted by atomic mass is 10.1. The largest absolute Gasteiger partial charge is 0.347 e. The monoisotopic (exact) mass is 358 g/mol. The van der Waals surface area contributed by atoms with Crippen LogP contribution >= 0.6 is 11.8 Å². The lowest BCUT2D eigenvalue weighted by Crippen LogP contribution is -2.31. The quantitative estimate of drug-likeness (QED) is 0.595. The first-order valence-electron chi connectivity index (χ1n) is 7.74. The van der Waals surface area contributed by atoms with Gasteiger partial charge in [0.1, 0.15) is 12.7 Å². The molecule has 2 aromatic heterocycles. The van der Waals surface area contributed by atoms with Crippen molar-refractivity contribution in [3.8, 4) is 0 Å². The Kier molecular flexibility index (Phi) is 5.73. The van der Waals surface area contributed by atoms with Gasteiger partial charge in [-0.3, -0.25) is 9.48 Å². The van der Waals surface area contributed by atoms with E-state index < -0.39 is 0 Å². The van der Waals surface area contributed by atoms with Crippen LogP contribution in [0.1, 0.15) is 18.0 Å². The summed E-state index contributed by atoms with van der Waals surface area (Å²) in [6.07, 6.45) is 3.49. The van der Waals surface area contributed by atoms with Gasteiger partial charge in [0.15, 0.2) is 0 Å². The van der Waals surface area contributed by atoms with E-state index in [2.05, 4.69) is 30.9 Å². The van der Waals surface area contributed by atoms with Crippen molar-refractivity contribution in [3.63, 3.8) is 0 Å². The molecule has 0 radical (unpaired) electrons. The summed E-state index contributed by atoms with van der Waals surface area (Å²) in [5.41, 5.74) is 1.02. The zero-order valence-corrected chi connectivity index (χ0v) is 14.5. The standard InChI is InChI=1S/C15H18N8OS/c1-22-15(19-20-21-22)25-8-7-14(24)18-13(9-23-11-16-10-17-23)12-5-3-2-4-6-12/h2-6,10-11,13H,7-9H2,1H3,(H,18,24). The molecular weight excluding hydrogens is 340 g/mol. The highest BCUT2D eigenvalue weighted by Crippen LogP contribution is 2.16. The van der Waals surface area contributed by atoms with Gasteiger partial charge < -0.3 is 5.32 Å². The van der Waals surface area contributed by atoms with Gasteiger partial charge in [-0.2, -0.15) is 5.10 Å². The third-order valence-corrected chi connectivity index (χ3v) is 4.53. The van der Waals surface area contributed by atoms with Crippen molar-refractivity contribution in [1.29, 1.82) is 0 Å². The van der Waals surface area contributed by atoms with E-state index in [0.717, 1.165) is 5.56 Å². The highest BCUT2D eigenvalue weighted by molar-refractivity contribution is 7.99. The van der Waals surface area contributed by atoms with Crippen molar-refractivity contribution in [1.82, 2.24) is 40.3 Å². The smallest absolute Gasteiger partial charge is 0.221 e. The average molecular weight is 358 g/mol. The Morgan fingerprint density at radius 2 is 2.16 bits per heavy atom. The molecule has 0 spiro atoms. The summed E-state index contributed by atoms with van der Waals surface area (Å²) in [5.74, 6) is 0.571. The highest BCUT2D eigenvalue weighted by atomic mass is 32.2. The minimum atomic E-state index is -0.170. The average Bonchev–Trinajstić information content (AvgIpc) is 3.27. The van der Waals surface area contributed by atoms with Crippen LogP contribution in [0, 0.1) is 0 Å². The second-order valence-electron chi connectivity index (χ2n) is 5.33. The summed E-state index contributed by atoms with van der Waals surface area (Å²) < 4.78 is 3.29. The summed E-state index contributed by atoms with van der Waals surface area (Å²) >= 11 is 1.45. The molecule has 25 heavy (non-hydrogen) atoms. The number of nitrogens with zero attached hydrogens (tertiary/aromatic N) is 7. The number of carbonyl (C=O) groups excluding carboxylic acids is 1. The number of nitrogens with one attached hydrogen (secondary N) is 1. The molecule has 130 valence electrons. The molecule has 1 N–H and O–H groups in total. The molecule has 1 amide bonds. The van der Waals surface area contributed by atoms with Gasteiger partial charge in [0, 0.05) is 19.2 Å². The van der Waals surface area contributed by atoms with Crippen LogP contribution in [0.3, 0.4) is 0 Å². The lowest BCUT2D eigenvalue weighted by molar-refractivity contribution is -0.121. The molecule has 2 heterocycles. The highest BCUT2D eigenvalue weighted by Gasteiger charge is 2.16. The molecule has 0 saturated heterocycles. The zero-order valence-electron chi connectivity index (χ0n) is 13.7. The minimum Gasteiger partial charge on any atom is -0.347 e.